The van der Waals surface area contributed by atoms with Crippen LogP contribution >= 0.6 is 23.2 Å². The van der Waals surface area contributed by atoms with Crippen molar-refractivity contribution in [2.75, 3.05) is 19.7 Å². The van der Waals surface area contributed by atoms with Crippen molar-refractivity contribution in [3.05, 3.63) is 46.3 Å². The molecule has 0 aliphatic carbocycles. The van der Waals surface area contributed by atoms with Gasteiger partial charge in [0.1, 0.15) is 0 Å². The monoisotopic (exact) mass is 387 g/mol. The van der Waals surface area contributed by atoms with Crippen LogP contribution in [0.1, 0.15) is 5.56 Å². The van der Waals surface area contributed by atoms with E-state index in [9.17, 15) is 8.42 Å². The Labute approximate surface area is 150 Å². The fraction of sp³-hybridized carbons (Fsp3) is 0.333. The highest BCUT2D eigenvalue weighted by Crippen LogP contribution is 2.29. The third-order valence-corrected chi connectivity index (χ3v) is 6.13. The fourth-order valence-electron chi connectivity index (χ4n) is 2.41. The van der Waals surface area contributed by atoms with E-state index >= 15 is 0 Å². The lowest BCUT2D eigenvalue weighted by atomic mass is 10.1. The normalized spacial score (nSPS) is 16.0. The smallest absolute Gasteiger partial charge is 0.243 e. The molecule has 3 rings (SSSR count). The van der Waals surface area contributed by atoms with Crippen LogP contribution in [0.3, 0.4) is 0 Å². The van der Waals surface area contributed by atoms with E-state index in [1.54, 1.807) is 19.1 Å². The molecule has 0 spiro atoms. The number of ether oxygens (including phenoxy) is 1. The van der Waals surface area contributed by atoms with Crippen LogP contribution in [-0.4, -0.2) is 42.4 Å². The Hall–Kier alpha value is -1.41. The summed E-state index contributed by atoms with van der Waals surface area (Å²) in [5.41, 5.74) is 0.674. The van der Waals surface area contributed by atoms with Crippen molar-refractivity contribution in [1.29, 1.82) is 0 Å². The molecule has 0 saturated carbocycles. The standard InChI is InChI=1S/C15H15Cl2N3O3S/c1-10-2-3-12(16)4-13(10)24(21,22)20-7-11(8-20)9-23-15-6-18-5-14(17)19-15/h2-6,11H,7-9H2,1H3. The van der Waals surface area contributed by atoms with Crippen LogP contribution in [0.4, 0.5) is 0 Å². The van der Waals surface area contributed by atoms with Crippen LogP contribution in [0.2, 0.25) is 10.2 Å². The van der Waals surface area contributed by atoms with Crippen molar-refractivity contribution in [2.45, 2.75) is 11.8 Å². The minimum Gasteiger partial charge on any atom is -0.476 e. The summed E-state index contributed by atoms with van der Waals surface area (Å²) in [5.74, 6) is 0.425. The molecule has 1 aliphatic rings. The summed E-state index contributed by atoms with van der Waals surface area (Å²) in [6.07, 6.45) is 2.88. The molecule has 1 saturated heterocycles. The average Bonchev–Trinajstić information content (AvgIpc) is 2.48. The van der Waals surface area contributed by atoms with E-state index in [0.29, 0.717) is 36.2 Å². The second kappa shape index (κ2) is 6.84. The van der Waals surface area contributed by atoms with Gasteiger partial charge < -0.3 is 4.74 Å². The number of aryl methyl sites for hydroxylation is 1. The lowest BCUT2D eigenvalue weighted by molar-refractivity contribution is 0.126. The van der Waals surface area contributed by atoms with E-state index in [1.165, 1.54) is 22.8 Å². The highest BCUT2D eigenvalue weighted by molar-refractivity contribution is 7.89. The number of hydrogen-bond acceptors (Lipinski definition) is 5. The Morgan fingerprint density at radius 2 is 2.04 bits per heavy atom. The van der Waals surface area contributed by atoms with Gasteiger partial charge in [0.25, 0.3) is 0 Å². The van der Waals surface area contributed by atoms with E-state index in [4.69, 9.17) is 27.9 Å². The van der Waals surface area contributed by atoms with Crippen LogP contribution < -0.4 is 4.74 Å². The molecule has 0 N–H and O–H groups in total. The number of halogens is 2. The van der Waals surface area contributed by atoms with Crippen molar-refractivity contribution >= 4 is 33.2 Å². The molecule has 2 heterocycles. The maximum absolute atomic E-state index is 12.6. The number of sulfonamides is 1. The van der Waals surface area contributed by atoms with Crippen molar-refractivity contribution in [2.24, 2.45) is 5.92 Å². The summed E-state index contributed by atoms with van der Waals surface area (Å²) in [7, 11) is -3.53. The van der Waals surface area contributed by atoms with E-state index in [0.717, 1.165) is 0 Å². The van der Waals surface area contributed by atoms with Gasteiger partial charge in [-0.1, -0.05) is 29.3 Å². The summed E-state index contributed by atoms with van der Waals surface area (Å²) in [4.78, 5) is 8.10. The first-order valence-corrected chi connectivity index (χ1v) is 9.42. The quantitative estimate of drug-likeness (QED) is 0.788. The molecule has 1 aliphatic heterocycles. The molecule has 9 heteroatoms. The Morgan fingerprint density at radius 1 is 1.29 bits per heavy atom. The number of hydrogen-bond donors (Lipinski definition) is 0. The largest absolute Gasteiger partial charge is 0.476 e. The maximum Gasteiger partial charge on any atom is 0.243 e. The molecule has 0 unspecified atom stereocenters. The molecule has 2 aromatic rings. The van der Waals surface area contributed by atoms with Gasteiger partial charge in [-0.3, -0.25) is 4.98 Å². The van der Waals surface area contributed by atoms with Gasteiger partial charge in [-0.25, -0.2) is 8.42 Å². The highest BCUT2D eigenvalue weighted by Gasteiger charge is 2.37. The van der Waals surface area contributed by atoms with Crippen LogP contribution in [0, 0.1) is 12.8 Å². The topological polar surface area (TPSA) is 72.4 Å². The lowest BCUT2D eigenvalue weighted by Gasteiger charge is -2.37. The molecule has 24 heavy (non-hydrogen) atoms. The van der Waals surface area contributed by atoms with Crippen molar-refractivity contribution in [3.63, 3.8) is 0 Å². The second-order valence-corrected chi connectivity index (χ2v) is 8.32. The van der Waals surface area contributed by atoms with Crippen molar-refractivity contribution < 1.29 is 13.2 Å². The molecule has 1 aromatic heterocycles. The summed E-state index contributed by atoms with van der Waals surface area (Å²) in [5, 5.41) is 0.654. The molecular formula is C15H15Cl2N3O3S. The minimum absolute atomic E-state index is 0.0973. The molecule has 0 amide bonds. The number of nitrogens with zero attached hydrogens (tertiary/aromatic N) is 3. The summed E-state index contributed by atoms with van der Waals surface area (Å²) in [6, 6.07) is 4.86. The summed E-state index contributed by atoms with van der Waals surface area (Å²) in [6.45, 7) is 2.89. The SMILES string of the molecule is Cc1ccc(Cl)cc1S(=O)(=O)N1CC(COc2cncc(Cl)n2)C1. The zero-order valence-electron chi connectivity index (χ0n) is 12.8. The van der Waals surface area contributed by atoms with Crippen LogP contribution in [-0.2, 0) is 10.0 Å². The van der Waals surface area contributed by atoms with Gasteiger partial charge in [0, 0.05) is 24.0 Å². The highest BCUT2D eigenvalue weighted by atomic mass is 35.5. The third kappa shape index (κ3) is 3.64. The lowest BCUT2D eigenvalue weighted by Crippen LogP contribution is -2.52. The average molecular weight is 388 g/mol. The van der Waals surface area contributed by atoms with Crippen LogP contribution in [0.25, 0.3) is 0 Å². The summed E-state index contributed by atoms with van der Waals surface area (Å²) >= 11 is 11.7. The van der Waals surface area contributed by atoms with Gasteiger partial charge in [-0.2, -0.15) is 9.29 Å². The van der Waals surface area contributed by atoms with Crippen LogP contribution in [0.5, 0.6) is 5.88 Å². The molecule has 0 atom stereocenters. The predicted molar refractivity (Wildman–Crippen MR) is 91.0 cm³/mol. The zero-order chi connectivity index (χ0) is 17.3. The van der Waals surface area contributed by atoms with Gasteiger partial charge >= 0.3 is 0 Å². The van der Waals surface area contributed by atoms with Crippen LogP contribution in [0.15, 0.2) is 35.5 Å². The van der Waals surface area contributed by atoms with Gasteiger partial charge in [0.15, 0.2) is 5.15 Å². The van der Waals surface area contributed by atoms with E-state index < -0.39 is 10.0 Å². The molecule has 0 bridgehead atoms. The number of aromatic nitrogens is 2. The van der Waals surface area contributed by atoms with E-state index in [1.807, 2.05) is 0 Å². The predicted octanol–water partition coefficient (Wildman–Crippen LogP) is 2.79. The molecule has 1 fully saturated rings. The molecule has 6 nitrogen and oxygen atoms in total. The van der Waals surface area contributed by atoms with E-state index in [2.05, 4.69) is 9.97 Å². The van der Waals surface area contributed by atoms with Gasteiger partial charge in [0.2, 0.25) is 15.9 Å². The van der Waals surface area contributed by atoms with E-state index in [-0.39, 0.29) is 16.0 Å². The Bertz CT molecular complexity index is 855. The van der Waals surface area contributed by atoms with Crippen molar-refractivity contribution in [3.8, 4) is 5.88 Å². The van der Waals surface area contributed by atoms with Gasteiger partial charge in [-0.05, 0) is 24.6 Å². The molecule has 0 radical (unpaired) electrons. The summed E-state index contributed by atoms with van der Waals surface area (Å²) < 4.78 is 32.2. The Balaban J connectivity index is 1.60. The first-order chi connectivity index (χ1) is 11.4. The Kier molecular flexibility index (Phi) is 4.96. The molecule has 1 aromatic carbocycles. The molecule has 128 valence electrons. The van der Waals surface area contributed by atoms with Gasteiger partial charge in [-0.15, -0.1) is 0 Å². The Morgan fingerprint density at radius 3 is 2.75 bits per heavy atom. The first kappa shape index (κ1) is 17.4. The zero-order valence-corrected chi connectivity index (χ0v) is 15.1. The van der Waals surface area contributed by atoms with Gasteiger partial charge in [0.05, 0.1) is 23.9 Å². The first-order valence-electron chi connectivity index (χ1n) is 7.23. The third-order valence-electron chi connectivity index (χ3n) is 3.74. The number of rotatable bonds is 5. The van der Waals surface area contributed by atoms with Crippen molar-refractivity contribution in [1.82, 2.24) is 14.3 Å². The maximum atomic E-state index is 12.6. The molecular weight excluding hydrogens is 373 g/mol. The fourth-order valence-corrected chi connectivity index (χ4v) is 4.63. The second-order valence-electron chi connectivity index (χ2n) is 5.59. The number of benzene rings is 1. The minimum atomic E-state index is -3.53.